The molecular weight excluding hydrogens is 438 g/mol. The number of allylic oxidation sites excluding steroid dienone is 3. The van der Waals surface area contributed by atoms with E-state index in [1.54, 1.807) is 20.8 Å². The molecule has 6 nitrogen and oxygen atoms in total. The summed E-state index contributed by atoms with van der Waals surface area (Å²) in [6.45, 7) is 14.9. The standard InChI is InChI=1S/C26H39NO5S/c1-8-9-10-11-18-15-21(28)22(20-14-17(4)12-13-19(20)16(2)3)23(29)24(18)33(31,32)27-25(30)26(5,6)7/h14-15,19-20,28-29H,2,8-13H2,1,3-7H3,(H,27,30). The first kappa shape index (κ1) is 27.0. The number of phenolic OH excluding ortho intramolecular Hbond substituents is 2. The minimum Gasteiger partial charge on any atom is -0.507 e. The van der Waals surface area contributed by atoms with E-state index in [1.165, 1.54) is 6.07 Å². The zero-order chi connectivity index (χ0) is 25.1. The third-order valence-corrected chi connectivity index (χ3v) is 7.74. The maximum absolute atomic E-state index is 13.4. The third-order valence-electron chi connectivity index (χ3n) is 6.29. The van der Waals surface area contributed by atoms with Gasteiger partial charge in [-0.2, -0.15) is 0 Å². The number of nitrogens with one attached hydrogen (secondary N) is 1. The zero-order valence-electron chi connectivity index (χ0n) is 20.8. The molecule has 1 aromatic rings. The lowest BCUT2D eigenvalue weighted by Crippen LogP contribution is -2.39. The van der Waals surface area contributed by atoms with Crippen LogP contribution in [-0.4, -0.2) is 24.5 Å². The van der Waals surface area contributed by atoms with Crippen molar-refractivity contribution < 1.29 is 23.4 Å². The Hall–Kier alpha value is -2.28. The molecule has 7 heteroatoms. The van der Waals surface area contributed by atoms with Crippen molar-refractivity contribution in [2.45, 2.75) is 90.9 Å². The molecule has 1 aliphatic carbocycles. The summed E-state index contributed by atoms with van der Waals surface area (Å²) in [5.41, 5.74) is 1.55. The SMILES string of the molecule is C=C(C)C1CCC(C)=CC1c1c(O)cc(CCCCC)c(S(=O)(=O)NC(=O)C(C)(C)C)c1O. The van der Waals surface area contributed by atoms with E-state index in [0.717, 1.165) is 36.8 Å². The number of phenols is 2. The van der Waals surface area contributed by atoms with Crippen LogP contribution < -0.4 is 4.72 Å². The van der Waals surface area contributed by atoms with Crippen molar-refractivity contribution in [3.63, 3.8) is 0 Å². The minimum atomic E-state index is -4.37. The van der Waals surface area contributed by atoms with Gasteiger partial charge in [0.1, 0.15) is 16.4 Å². The Morgan fingerprint density at radius 3 is 2.42 bits per heavy atom. The van der Waals surface area contributed by atoms with Crippen LogP contribution in [-0.2, 0) is 21.2 Å². The number of aryl methyl sites for hydroxylation is 1. The Morgan fingerprint density at radius 2 is 1.88 bits per heavy atom. The van der Waals surface area contributed by atoms with E-state index in [2.05, 4.69) is 11.3 Å². The normalized spacial score (nSPS) is 19.2. The molecule has 0 fully saturated rings. The molecule has 0 bridgehead atoms. The molecule has 1 aromatic carbocycles. The molecule has 33 heavy (non-hydrogen) atoms. The van der Waals surface area contributed by atoms with Crippen LogP contribution in [0.3, 0.4) is 0 Å². The lowest BCUT2D eigenvalue weighted by atomic mass is 9.73. The highest BCUT2D eigenvalue weighted by Gasteiger charge is 2.36. The molecule has 2 rings (SSSR count). The van der Waals surface area contributed by atoms with E-state index in [1.807, 2.05) is 26.8 Å². The highest BCUT2D eigenvalue weighted by Crippen LogP contribution is 2.49. The van der Waals surface area contributed by atoms with Gasteiger partial charge in [0.2, 0.25) is 5.91 Å². The number of benzene rings is 1. The van der Waals surface area contributed by atoms with Crippen molar-refractivity contribution in [1.29, 1.82) is 0 Å². The lowest BCUT2D eigenvalue weighted by molar-refractivity contribution is -0.126. The van der Waals surface area contributed by atoms with Crippen LogP contribution >= 0.6 is 0 Å². The number of aromatic hydroxyl groups is 2. The van der Waals surface area contributed by atoms with Gasteiger partial charge in [0, 0.05) is 16.9 Å². The number of rotatable bonds is 8. The largest absolute Gasteiger partial charge is 0.507 e. The van der Waals surface area contributed by atoms with Crippen molar-refractivity contribution in [2.24, 2.45) is 11.3 Å². The average Bonchev–Trinajstić information content (AvgIpc) is 2.66. The average molecular weight is 478 g/mol. The number of carbonyl (C=O) groups is 1. The molecule has 0 aliphatic heterocycles. The molecule has 0 aromatic heterocycles. The minimum absolute atomic E-state index is 0.0452. The van der Waals surface area contributed by atoms with Gasteiger partial charge in [-0.3, -0.25) is 4.79 Å². The van der Waals surface area contributed by atoms with Crippen molar-refractivity contribution in [2.75, 3.05) is 0 Å². The molecule has 0 heterocycles. The number of carbonyl (C=O) groups excluding carboxylic acids is 1. The fourth-order valence-electron chi connectivity index (χ4n) is 4.32. The van der Waals surface area contributed by atoms with Crippen LogP contribution in [0.2, 0.25) is 0 Å². The summed E-state index contributed by atoms with van der Waals surface area (Å²) in [6.07, 6.45) is 6.50. The summed E-state index contributed by atoms with van der Waals surface area (Å²) >= 11 is 0. The monoisotopic (exact) mass is 477 g/mol. The summed E-state index contributed by atoms with van der Waals surface area (Å²) in [5.74, 6) is -1.74. The second-order valence-corrected chi connectivity index (χ2v) is 11.9. The topological polar surface area (TPSA) is 104 Å². The van der Waals surface area contributed by atoms with Gasteiger partial charge in [0.05, 0.1) is 0 Å². The van der Waals surface area contributed by atoms with E-state index >= 15 is 0 Å². The molecule has 0 saturated heterocycles. The Labute approximate surface area is 198 Å². The van der Waals surface area contributed by atoms with Crippen LogP contribution in [0.15, 0.2) is 34.8 Å². The number of amides is 1. The Kier molecular flexibility index (Phi) is 8.44. The molecular formula is C26H39NO5S. The Morgan fingerprint density at radius 1 is 1.24 bits per heavy atom. The zero-order valence-corrected chi connectivity index (χ0v) is 21.6. The fourth-order valence-corrected chi connectivity index (χ4v) is 5.84. The summed E-state index contributed by atoms with van der Waals surface area (Å²) < 4.78 is 28.9. The van der Waals surface area contributed by atoms with Gasteiger partial charge in [-0.25, -0.2) is 13.1 Å². The first-order valence-electron chi connectivity index (χ1n) is 11.7. The second kappa shape index (κ2) is 10.3. The van der Waals surface area contributed by atoms with Crippen LogP contribution in [0.5, 0.6) is 11.5 Å². The van der Waals surface area contributed by atoms with E-state index in [9.17, 15) is 23.4 Å². The Balaban J connectivity index is 2.74. The van der Waals surface area contributed by atoms with E-state index in [0.29, 0.717) is 18.4 Å². The molecule has 0 radical (unpaired) electrons. The number of hydrogen-bond donors (Lipinski definition) is 3. The van der Waals surface area contributed by atoms with Gasteiger partial charge in [-0.1, -0.05) is 64.3 Å². The predicted molar refractivity (Wildman–Crippen MR) is 132 cm³/mol. The van der Waals surface area contributed by atoms with E-state index < -0.39 is 33.0 Å². The van der Waals surface area contributed by atoms with E-state index in [-0.39, 0.29) is 22.1 Å². The van der Waals surface area contributed by atoms with Crippen LogP contribution in [0.4, 0.5) is 0 Å². The number of hydrogen-bond acceptors (Lipinski definition) is 5. The molecule has 2 atom stereocenters. The maximum Gasteiger partial charge on any atom is 0.268 e. The molecule has 2 unspecified atom stereocenters. The number of sulfonamides is 1. The summed E-state index contributed by atoms with van der Waals surface area (Å²) in [6, 6.07) is 1.44. The molecule has 3 N–H and O–H groups in total. The molecule has 1 aliphatic rings. The molecule has 184 valence electrons. The van der Waals surface area contributed by atoms with Gasteiger partial charge >= 0.3 is 0 Å². The van der Waals surface area contributed by atoms with E-state index in [4.69, 9.17) is 0 Å². The summed E-state index contributed by atoms with van der Waals surface area (Å²) in [5, 5.41) is 22.3. The van der Waals surface area contributed by atoms with Gasteiger partial charge < -0.3 is 10.2 Å². The number of unbranched alkanes of at least 4 members (excludes halogenated alkanes) is 2. The summed E-state index contributed by atoms with van der Waals surface area (Å²) in [4.78, 5) is 12.2. The Bertz CT molecular complexity index is 1050. The summed E-state index contributed by atoms with van der Waals surface area (Å²) in [7, 11) is -4.37. The quantitative estimate of drug-likeness (QED) is 0.329. The smallest absolute Gasteiger partial charge is 0.268 e. The first-order chi connectivity index (χ1) is 15.2. The third kappa shape index (κ3) is 6.19. The van der Waals surface area contributed by atoms with Gasteiger partial charge in [-0.05, 0) is 57.1 Å². The van der Waals surface area contributed by atoms with Crippen molar-refractivity contribution in [3.05, 3.63) is 41.0 Å². The van der Waals surface area contributed by atoms with Crippen LogP contribution in [0.1, 0.15) is 90.7 Å². The van der Waals surface area contributed by atoms with Crippen LogP contribution in [0.25, 0.3) is 0 Å². The molecule has 1 amide bonds. The van der Waals surface area contributed by atoms with Crippen LogP contribution in [0, 0.1) is 11.3 Å². The predicted octanol–water partition coefficient (Wildman–Crippen LogP) is 5.70. The highest BCUT2D eigenvalue weighted by molar-refractivity contribution is 7.90. The molecule has 0 spiro atoms. The first-order valence-corrected chi connectivity index (χ1v) is 13.2. The lowest BCUT2D eigenvalue weighted by Gasteiger charge is -2.32. The second-order valence-electron chi connectivity index (χ2n) is 10.3. The maximum atomic E-state index is 13.4. The highest BCUT2D eigenvalue weighted by atomic mass is 32.2. The van der Waals surface area contributed by atoms with Crippen molar-refractivity contribution in [1.82, 2.24) is 4.72 Å². The fraction of sp³-hybridized carbons (Fsp3) is 0.577. The van der Waals surface area contributed by atoms with Gasteiger partial charge in [-0.15, -0.1) is 0 Å². The van der Waals surface area contributed by atoms with Crippen molar-refractivity contribution in [3.8, 4) is 11.5 Å². The molecule has 0 saturated carbocycles. The van der Waals surface area contributed by atoms with Crippen molar-refractivity contribution >= 4 is 15.9 Å². The van der Waals surface area contributed by atoms with Gasteiger partial charge in [0.15, 0.2) is 0 Å². The van der Waals surface area contributed by atoms with Gasteiger partial charge in [0.25, 0.3) is 10.0 Å².